The summed E-state index contributed by atoms with van der Waals surface area (Å²) in [5.74, 6) is 0.861. The van der Waals surface area contributed by atoms with Crippen molar-refractivity contribution >= 4 is 0 Å². The Labute approximate surface area is 110 Å². The monoisotopic (exact) mass is 244 g/mol. The number of hydrogen-bond acceptors (Lipinski definition) is 2. The lowest BCUT2D eigenvalue weighted by molar-refractivity contribution is 0.200. The van der Waals surface area contributed by atoms with Crippen LogP contribution in [0.15, 0.2) is 24.3 Å². The van der Waals surface area contributed by atoms with Gasteiger partial charge in [-0.3, -0.25) is 4.90 Å². The van der Waals surface area contributed by atoms with Crippen LogP contribution in [0.25, 0.3) is 0 Å². The van der Waals surface area contributed by atoms with E-state index in [-0.39, 0.29) is 0 Å². The van der Waals surface area contributed by atoms with E-state index in [1.807, 2.05) is 0 Å². The van der Waals surface area contributed by atoms with Gasteiger partial charge in [0, 0.05) is 25.7 Å². The molecule has 1 aromatic carbocycles. The van der Waals surface area contributed by atoms with E-state index in [1.165, 1.54) is 38.8 Å². The third kappa shape index (κ3) is 2.45. The van der Waals surface area contributed by atoms with E-state index in [1.54, 1.807) is 11.1 Å². The molecule has 2 unspecified atom stereocenters. The molecule has 2 nitrogen and oxygen atoms in total. The quantitative estimate of drug-likeness (QED) is 0.878. The number of benzene rings is 1. The number of nitrogens with zero attached hydrogens (tertiary/aromatic N) is 1. The Morgan fingerprint density at radius 3 is 2.89 bits per heavy atom. The van der Waals surface area contributed by atoms with E-state index >= 15 is 0 Å². The van der Waals surface area contributed by atoms with Gasteiger partial charge in [-0.15, -0.1) is 0 Å². The molecule has 1 aromatic rings. The molecule has 0 amide bonds. The molecule has 0 radical (unpaired) electrons. The second-order valence-electron chi connectivity index (χ2n) is 5.84. The molecule has 1 saturated carbocycles. The van der Waals surface area contributed by atoms with Crippen molar-refractivity contribution in [1.82, 2.24) is 10.2 Å². The van der Waals surface area contributed by atoms with Crippen LogP contribution in [0, 0.1) is 5.92 Å². The van der Waals surface area contributed by atoms with Crippen molar-refractivity contribution in [2.75, 3.05) is 20.1 Å². The van der Waals surface area contributed by atoms with E-state index in [4.69, 9.17) is 0 Å². The highest BCUT2D eigenvalue weighted by Crippen LogP contribution is 2.28. The van der Waals surface area contributed by atoms with Crippen molar-refractivity contribution in [3.8, 4) is 0 Å². The molecule has 2 aliphatic rings. The van der Waals surface area contributed by atoms with Crippen LogP contribution in [0.3, 0.4) is 0 Å². The average Bonchev–Trinajstić information content (AvgIpc) is 2.86. The molecule has 18 heavy (non-hydrogen) atoms. The molecule has 2 atom stereocenters. The summed E-state index contributed by atoms with van der Waals surface area (Å²) in [5.41, 5.74) is 3.10. The number of hydrogen-bond donors (Lipinski definition) is 1. The Balaban J connectivity index is 1.62. The van der Waals surface area contributed by atoms with Gasteiger partial charge in [0.15, 0.2) is 0 Å². The van der Waals surface area contributed by atoms with Crippen molar-refractivity contribution in [2.45, 2.75) is 38.3 Å². The van der Waals surface area contributed by atoms with E-state index in [2.05, 4.69) is 41.5 Å². The molecule has 0 saturated heterocycles. The maximum Gasteiger partial charge on any atom is 0.0236 e. The van der Waals surface area contributed by atoms with Gasteiger partial charge in [0.1, 0.15) is 0 Å². The Morgan fingerprint density at radius 2 is 2.06 bits per heavy atom. The average molecular weight is 244 g/mol. The normalized spacial score (nSPS) is 28.3. The SMILES string of the molecule is CNC1CCCC1CN1CCc2ccccc2C1. The fourth-order valence-electron chi connectivity index (χ4n) is 3.68. The smallest absolute Gasteiger partial charge is 0.0236 e. The summed E-state index contributed by atoms with van der Waals surface area (Å²) in [7, 11) is 2.12. The van der Waals surface area contributed by atoms with Gasteiger partial charge in [-0.2, -0.15) is 0 Å². The lowest BCUT2D eigenvalue weighted by Gasteiger charge is -2.32. The summed E-state index contributed by atoms with van der Waals surface area (Å²) >= 11 is 0. The molecule has 1 heterocycles. The first kappa shape index (κ1) is 12.2. The van der Waals surface area contributed by atoms with Crippen LogP contribution < -0.4 is 5.32 Å². The molecule has 0 spiro atoms. The van der Waals surface area contributed by atoms with Crippen molar-refractivity contribution < 1.29 is 0 Å². The molecule has 3 rings (SSSR count). The molecular weight excluding hydrogens is 220 g/mol. The van der Waals surface area contributed by atoms with E-state index in [0.717, 1.165) is 18.5 Å². The summed E-state index contributed by atoms with van der Waals surface area (Å²) in [6.45, 7) is 3.67. The predicted octanol–water partition coefficient (Wildman–Crippen LogP) is 2.43. The second kappa shape index (κ2) is 5.41. The van der Waals surface area contributed by atoms with Crippen LogP contribution in [0.4, 0.5) is 0 Å². The Hall–Kier alpha value is -0.860. The van der Waals surface area contributed by atoms with Crippen molar-refractivity contribution in [1.29, 1.82) is 0 Å². The van der Waals surface area contributed by atoms with Crippen LogP contribution in [0.1, 0.15) is 30.4 Å². The number of fused-ring (bicyclic) bond motifs is 1. The first-order valence-electron chi connectivity index (χ1n) is 7.33. The Morgan fingerprint density at radius 1 is 1.22 bits per heavy atom. The van der Waals surface area contributed by atoms with Gasteiger partial charge in [0.25, 0.3) is 0 Å². The second-order valence-corrected chi connectivity index (χ2v) is 5.84. The molecule has 98 valence electrons. The molecule has 1 aliphatic carbocycles. The Bertz CT molecular complexity index is 402. The lowest BCUT2D eigenvalue weighted by Crippen LogP contribution is -2.40. The lowest BCUT2D eigenvalue weighted by atomic mass is 9.97. The van der Waals surface area contributed by atoms with Crippen LogP contribution in [0.5, 0.6) is 0 Å². The highest BCUT2D eigenvalue weighted by molar-refractivity contribution is 5.29. The van der Waals surface area contributed by atoms with Crippen LogP contribution >= 0.6 is 0 Å². The highest BCUT2D eigenvalue weighted by atomic mass is 15.1. The summed E-state index contributed by atoms with van der Waals surface area (Å²) in [6.07, 6.45) is 5.41. The molecule has 1 N–H and O–H groups in total. The third-order valence-electron chi connectivity index (χ3n) is 4.73. The van der Waals surface area contributed by atoms with E-state index < -0.39 is 0 Å². The molecule has 0 bridgehead atoms. The van der Waals surface area contributed by atoms with Crippen LogP contribution in [-0.2, 0) is 13.0 Å². The van der Waals surface area contributed by atoms with Gasteiger partial charge in [-0.1, -0.05) is 30.7 Å². The zero-order chi connectivity index (χ0) is 12.4. The molecule has 2 heteroatoms. The molecule has 1 aliphatic heterocycles. The largest absolute Gasteiger partial charge is 0.317 e. The summed E-state index contributed by atoms with van der Waals surface area (Å²) in [4.78, 5) is 2.66. The fourth-order valence-corrected chi connectivity index (χ4v) is 3.68. The zero-order valence-corrected chi connectivity index (χ0v) is 11.4. The van der Waals surface area contributed by atoms with Gasteiger partial charge < -0.3 is 5.32 Å². The molecular formula is C16H24N2. The molecule has 1 fully saturated rings. The number of nitrogens with one attached hydrogen (secondary N) is 1. The minimum Gasteiger partial charge on any atom is -0.317 e. The maximum atomic E-state index is 3.50. The minimum absolute atomic E-state index is 0.752. The van der Waals surface area contributed by atoms with Crippen LogP contribution in [0.2, 0.25) is 0 Å². The predicted molar refractivity (Wildman–Crippen MR) is 75.6 cm³/mol. The van der Waals surface area contributed by atoms with Crippen LogP contribution in [-0.4, -0.2) is 31.1 Å². The minimum atomic E-state index is 0.752. The maximum absolute atomic E-state index is 3.50. The number of rotatable bonds is 3. The van der Waals surface area contributed by atoms with E-state index in [9.17, 15) is 0 Å². The van der Waals surface area contributed by atoms with Crippen molar-refractivity contribution in [3.05, 3.63) is 35.4 Å². The topological polar surface area (TPSA) is 15.3 Å². The first-order valence-corrected chi connectivity index (χ1v) is 7.33. The summed E-state index contributed by atoms with van der Waals surface area (Å²) in [5, 5.41) is 3.50. The molecule has 0 aromatic heterocycles. The summed E-state index contributed by atoms with van der Waals surface area (Å²) < 4.78 is 0. The van der Waals surface area contributed by atoms with Crippen molar-refractivity contribution in [2.24, 2.45) is 5.92 Å². The van der Waals surface area contributed by atoms with Gasteiger partial charge in [-0.05, 0) is 43.4 Å². The standard InChI is InChI=1S/C16H24N2/c1-17-16-8-4-7-15(16)12-18-10-9-13-5-2-3-6-14(13)11-18/h2-3,5-6,15-17H,4,7-12H2,1H3. The van der Waals surface area contributed by atoms with Gasteiger partial charge in [0.05, 0.1) is 0 Å². The third-order valence-corrected chi connectivity index (χ3v) is 4.73. The first-order chi connectivity index (χ1) is 8.86. The van der Waals surface area contributed by atoms with Gasteiger partial charge in [0.2, 0.25) is 0 Å². The highest BCUT2D eigenvalue weighted by Gasteiger charge is 2.28. The zero-order valence-electron chi connectivity index (χ0n) is 11.4. The Kier molecular flexibility index (Phi) is 3.67. The van der Waals surface area contributed by atoms with Gasteiger partial charge >= 0.3 is 0 Å². The summed E-state index contributed by atoms with van der Waals surface area (Å²) in [6, 6.07) is 9.68. The fraction of sp³-hybridized carbons (Fsp3) is 0.625. The van der Waals surface area contributed by atoms with Gasteiger partial charge in [-0.25, -0.2) is 0 Å². The van der Waals surface area contributed by atoms with E-state index in [0.29, 0.717) is 0 Å². The van der Waals surface area contributed by atoms with Crippen molar-refractivity contribution in [3.63, 3.8) is 0 Å².